The Labute approximate surface area is 113 Å². The van der Waals surface area contributed by atoms with Gasteiger partial charge in [0.15, 0.2) is 0 Å². The highest BCUT2D eigenvalue weighted by molar-refractivity contribution is 5.83. The maximum absolute atomic E-state index is 9.91. The highest BCUT2D eigenvalue weighted by Gasteiger charge is 2.15. The van der Waals surface area contributed by atoms with Gasteiger partial charge in [0.1, 0.15) is 17.5 Å². The van der Waals surface area contributed by atoms with Crippen molar-refractivity contribution in [2.75, 3.05) is 34.2 Å². The van der Waals surface area contributed by atoms with E-state index in [-0.39, 0.29) is 17.0 Å². The Morgan fingerprint density at radius 1 is 1.47 bits per heavy atom. The molecule has 0 aromatic carbocycles. The summed E-state index contributed by atoms with van der Waals surface area (Å²) in [5.74, 6) is -0.0331. The molecule has 0 radical (unpaired) electrons. The van der Waals surface area contributed by atoms with Crippen molar-refractivity contribution in [2.24, 2.45) is 0 Å². The first-order valence-corrected chi connectivity index (χ1v) is 5.88. The summed E-state index contributed by atoms with van der Waals surface area (Å²) in [6, 6.07) is 1.86. The molecule has 0 aromatic rings. The first-order chi connectivity index (χ1) is 8.99. The van der Waals surface area contributed by atoms with E-state index in [9.17, 15) is 5.11 Å². The smallest absolute Gasteiger partial charge is 0.142 e. The quantitative estimate of drug-likeness (QED) is 0.503. The maximum Gasteiger partial charge on any atom is 0.142 e. The number of nitrogens with one attached hydrogen (secondary N) is 2. The lowest BCUT2D eigenvalue weighted by molar-refractivity contribution is 0.326. The molecule has 19 heavy (non-hydrogen) atoms. The van der Waals surface area contributed by atoms with Crippen LogP contribution >= 0.6 is 0 Å². The van der Waals surface area contributed by atoms with Crippen LogP contribution in [-0.4, -0.2) is 55.4 Å². The van der Waals surface area contributed by atoms with Gasteiger partial charge in [-0.25, -0.2) is 0 Å². The number of hydrogen-bond acceptors (Lipinski definition) is 6. The van der Waals surface area contributed by atoms with E-state index in [2.05, 4.69) is 10.2 Å². The van der Waals surface area contributed by atoms with Crippen molar-refractivity contribution in [3.05, 3.63) is 35.0 Å². The van der Waals surface area contributed by atoms with E-state index in [1.54, 1.807) is 12.3 Å². The van der Waals surface area contributed by atoms with Gasteiger partial charge in [0.25, 0.3) is 0 Å². The lowest BCUT2D eigenvalue weighted by atomic mass is 10.1. The van der Waals surface area contributed by atoms with Gasteiger partial charge in [0.2, 0.25) is 0 Å². The van der Waals surface area contributed by atoms with Crippen LogP contribution < -0.4 is 5.32 Å². The van der Waals surface area contributed by atoms with Gasteiger partial charge >= 0.3 is 0 Å². The Morgan fingerprint density at radius 2 is 2.16 bits per heavy atom. The summed E-state index contributed by atoms with van der Waals surface area (Å²) in [5, 5.41) is 28.7. The van der Waals surface area contributed by atoms with Crippen LogP contribution in [0.1, 0.15) is 0 Å². The highest BCUT2D eigenvalue weighted by atomic mass is 16.3. The molecule has 102 valence electrons. The van der Waals surface area contributed by atoms with Gasteiger partial charge in [-0.1, -0.05) is 0 Å². The number of nitrogens with zero attached hydrogens (tertiary/aromatic N) is 3. The highest BCUT2D eigenvalue weighted by Crippen LogP contribution is 2.17. The fourth-order valence-corrected chi connectivity index (χ4v) is 1.55. The second-order valence-electron chi connectivity index (χ2n) is 4.51. The van der Waals surface area contributed by atoms with E-state index in [1.807, 2.05) is 32.1 Å². The zero-order valence-electron chi connectivity index (χ0n) is 11.4. The first-order valence-electron chi connectivity index (χ1n) is 5.88. The zero-order valence-corrected chi connectivity index (χ0v) is 11.4. The molecule has 0 atom stereocenters. The van der Waals surface area contributed by atoms with E-state index in [0.29, 0.717) is 0 Å². The Balaban J connectivity index is 2.82. The number of hydrogen-bond donors (Lipinski definition) is 3. The number of rotatable bonds is 5. The predicted octanol–water partition coefficient (Wildman–Crippen LogP) is 0.794. The molecule has 0 aliphatic carbocycles. The Hall–Kier alpha value is -2.26. The molecule has 1 aliphatic rings. The molecular formula is C13H19N5O. The average Bonchev–Trinajstić information content (AvgIpc) is 2.39. The van der Waals surface area contributed by atoms with Gasteiger partial charge in [-0.2, -0.15) is 5.26 Å². The van der Waals surface area contributed by atoms with Crippen LogP contribution in [-0.2, 0) is 0 Å². The normalized spacial score (nSPS) is 17.0. The fourth-order valence-electron chi connectivity index (χ4n) is 1.55. The summed E-state index contributed by atoms with van der Waals surface area (Å²) in [6.07, 6.45) is 4.22. The van der Waals surface area contributed by atoms with E-state index >= 15 is 0 Å². The van der Waals surface area contributed by atoms with Crippen LogP contribution in [0.2, 0.25) is 0 Å². The van der Waals surface area contributed by atoms with Crippen molar-refractivity contribution in [2.45, 2.75) is 0 Å². The molecule has 6 heteroatoms. The zero-order chi connectivity index (χ0) is 14.4. The maximum atomic E-state index is 9.91. The van der Waals surface area contributed by atoms with Gasteiger partial charge in [0, 0.05) is 38.6 Å². The van der Waals surface area contributed by atoms with E-state index in [1.165, 1.54) is 0 Å². The second-order valence-corrected chi connectivity index (χ2v) is 4.51. The number of aliphatic hydroxyl groups is 1. The molecule has 0 unspecified atom stereocenters. The van der Waals surface area contributed by atoms with Crippen LogP contribution in [0.15, 0.2) is 35.0 Å². The van der Waals surface area contributed by atoms with Gasteiger partial charge in [0.05, 0.1) is 11.3 Å². The molecule has 1 aliphatic heterocycles. The summed E-state index contributed by atoms with van der Waals surface area (Å²) < 4.78 is 0. The molecule has 0 spiro atoms. The SMILES string of the molecule is CN(C)CCN(C)C1=CN/C(=C(/C#N)C=N)C(O)=C1. The molecule has 6 nitrogen and oxygen atoms in total. The summed E-state index contributed by atoms with van der Waals surface area (Å²) in [4.78, 5) is 4.07. The molecule has 0 bridgehead atoms. The van der Waals surface area contributed by atoms with Crippen molar-refractivity contribution in [1.82, 2.24) is 15.1 Å². The van der Waals surface area contributed by atoms with Crippen molar-refractivity contribution in [1.29, 1.82) is 10.7 Å². The van der Waals surface area contributed by atoms with Crippen LogP contribution in [0, 0.1) is 16.7 Å². The number of dihydropyridines is 1. The lowest BCUT2D eigenvalue weighted by Crippen LogP contribution is -2.30. The summed E-state index contributed by atoms with van der Waals surface area (Å²) in [7, 11) is 5.93. The van der Waals surface area contributed by atoms with Crippen LogP contribution in [0.3, 0.4) is 0 Å². The van der Waals surface area contributed by atoms with Crippen molar-refractivity contribution in [3.63, 3.8) is 0 Å². The average molecular weight is 261 g/mol. The Morgan fingerprint density at radius 3 is 2.63 bits per heavy atom. The number of likely N-dealkylation sites (N-methyl/N-ethyl adjacent to an activating group) is 2. The topological polar surface area (TPSA) is 86.4 Å². The van der Waals surface area contributed by atoms with Crippen molar-refractivity contribution in [3.8, 4) is 6.07 Å². The molecule has 0 amide bonds. The summed E-state index contributed by atoms with van der Waals surface area (Å²) >= 11 is 0. The number of allylic oxidation sites excluding steroid dienone is 2. The third-order valence-electron chi connectivity index (χ3n) is 2.76. The van der Waals surface area contributed by atoms with E-state index in [4.69, 9.17) is 10.7 Å². The molecule has 1 rings (SSSR count). The van der Waals surface area contributed by atoms with Gasteiger partial charge in [-0.05, 0) is 14.1 Å². The second kappa shape index (κ2) is 6.61. The predicted molar refractivity (Wildman–Crippen MR) is 74.5 cm³/mol. The molecule has 0 aromatic heterocycles. The number of aliphatic hydroxyl groups excluding tert-OH is 1. The molecule has 3 N–H and O–H groups in total. The Kier molecular flexibility index (Phi) is 5.15. The van der Waals surface area contributed by atoms with Crippen molar-refractivity contribution >= 4 is 6.21 Å². The molecule has 0 saturated carbocycles. The summed E-state index contributed by atoms with van der Waals surface area (Å²) in [6.45, 7) is 1.72. The monoisotopic (exact) mass is 261 g/mol. The molecular weight excluding hydrogens is 242 g/mol. The third kappa shape index (κ3) is 3.86. The molecule has 1 heterocycles. The van der Waals surface area contributed by atoms with Gasteiger partial charge in [-0.15, -0.1) is 0 Å². The minimum absolute atomic E-state index is 0.0331. The lowest BCUT2D eigenvalue weighted by Gasteiger charge is -2.25. The molecule has 0 saturated heterocycles. The minimum atomic E-state index is -0.0331. The van der Waals surface area contributed by atoms with Crippen molar-refractivity contribution < 1.29 is 5.11 Å². The summed E-state index contributed by atoms with van der Waals surface area (Å²) in [5.41, 5.74) is 1.19. The standard InChI is InChI=1S/C13H19N5O/c1-17(2)4-5-18(3)11-6-12(19)13(16-9-11)10(7-14)8-15/h6-7,9,14,16,19H,4-5H2,1-3H3/b13-10+,14-7?. The fraction of sp³-hybridized carbons (Fsp3) is 0.385. The van der Waals surface area contributed by atoms with Gasteiger partial charge in [-0.3, -0.25) is 0 Å². The third-order valence-corrected chi connectivity index (χ3v) is 2.76. The largest absolute Gasteiger partial charge is 0.506 e. The first kappa shape index (κ1) is 14.8. The van der Waals surface area contributed by atoms with Crippen LogP contribution in [0.5, 0.6) is 0 Å². The number of nitriles is 1. The van der Waals surface area contributed by atoms with Gasteiger partial charge < -0.3 is 25.6 Å². The van der Waals surface area contributed by atoms with Crippen LogP contribution in [0.4, 0.5) is 0 Å². The Bertz CT molecular complexity index is 482. The van der Waals surface area contributed by atoms with E-state index < -0.39 is 0 Å². The van der Waals surface area contributed by atoms with E-state index in [0.717, 1.165) is 25.0 Å². The minimum Gasteiger partial charge on any atom is -0.506 e. The van der Waals surface area contributed by atoms with Crippen LogP contribution in [0.25, 0.3) is 0 Å². The molecule has 0 fully saturated rings.